The van der Waals surface area contributed by atoms with Gasteiger partial charge in [0.1, 0.15) is 5.69 Å². The number of pyridine rings is 2. The molecule has 0 unspecified atom stereocenters. The molecule has 0 fully saturated rings. The molecule has 1 aliphatic rings. The van der Waals surface area contributed by atoms with Crippen LogP contribution in [0.3, 0.4) is 0 Å². The predicted molar refractivity (Wildman–Crippen MR) is 86.6 cm³/mol. The molecule has 4 heterocycles. The molecule has 25 heavy (non-hydrogen) atoms. The average Bonchev–Trinajstić information content (AvgIpc) is 3.22. The molecular formula is C17H13N5O3. The minimum atomic E-state index is -1.03. The van der Waals surface area contributed by atoms with Gasteiger partial charge in [-0.2, -0.15) is 5.10 Å². The zero-order valence-electron chi connectivity index (χ0n) is 13.0. The molecule has 4 rings (SSSR count). The lowest BCUT2D eigenvalue weighted by molar-refractivity contribution is 0.0695. The van der Waals surface area contributed by atoms with Crippen molar-refractivity contribution in [1.29, 1.82) is 0 Å². The molecule has 0 radical (unpaired) electrons. The minimum absolute atomic E-state index is 0.0992. The number of H-pyrrole nitrogens is 1. The minimum Gasteiger partial charge on any atom is -0.478 e. The summed E-state index contributed by atoms with van der Waals surface area (Å²) in [5, 5.41) is 16.2. The van der Waals surface area contributed by atoms with Crippen molar-refractivity contribution in [2.75, 3.05) is 0 Å². The molecule has 0 aliphatic carbocycles. The highest BCUT2D eigenvalue weighted by Gasteiger charge is 2.29. The van der Waals surface area contributed by atoms with Crippen molar-refractivity contribution in [3.05, 3.63) is 65.2 Å². The number of carboxylic acids is 1. The van der Waals surface area contributed by atoms with Crippen molar-refractivity contribution in [3.8, 4) is 11.4 Å². The summed E-state index contributed by atoms with van der Waals surface area (Å²) >= 11 is 0. The molecule has 2 N–H and O–H groups in total. The van der Waals surface area contributed by atoms with Crippen molar-refractivity contribution in [2.45, 2.75) is 13.1 Å². The van der Waals surface area contributed by atoms with Crippen LogP contribution in [0.5, 0.6) is 0 Å². The molecular weight excluding hydrogens is 322 g/mol. The molecule has 3 aromatic rings. The Bertz CT molecular complexity index is 950. The van der Waals surface area contributed by atoms with Gasteiger partial charge in [-0.3, -0.25) is 19.9 Å². The first-order valence-electron chi connectivity index (χ1n) is 7.58. The third kappa shape index (κ3) is 2.63. The van der Waals surface area contributed by atoms with Gasteiger partial charge in [0.25, 0.3) is 5.91 Å². The standard InChI is InChI=1S/C17H13N5O3/c23-16(10-2-1-5-18-6-10)22-8-12-14(9-22)20-21-15(12)13-4-3-11(7-19-13)17(24)25/h1-7H,8-9H2,(H,20,21)(H,24,25). The smallest absolute Gasteiger partial charge is 0.337 e. The molecule has 0 spiro atoms. The lowest BCUT2D eigenvalue weighted by Crippen LogP contribution is -2.25. The van der Waals surface area contributed by atoms with E-state index in [-0.39, 0.29) is 11.5 Å². The number of carbonyl (C=O) groups excluding carboxylic acids is 1. The first-order valence-corrected chi connectivity index (χ1v) is 7.58. The summed E-state index contributed by atoms with van der Waals surface area (Å²) in [6, 6.07) is 6.56. The normalized spacial score (nSPS) is 12.9. The number of hydrogen-bond acceptors (Lipinski definition) is 5. The fourth-order valence-corrected chi connectivity index (χ4v) is 2.83. The fraction of sp³-hybridized carbons (Fsp3) is 0.118. The number of hydrogen-bond donors (Lipinski definition) is 2. The molecule has 0 saturated carbocycles. The van der Waals surface area contributed by atoms with Crippen molar-refractivity contribution in [2.24, 2.45) is 0 Å². The Hall–Kier alpha value is -3.55. The number of carbonyl (C=O) groups is 2. The lowest BCUT2D eigenvalue weighted by atomic mass is 10.1. The first kappa shape index (κ1) is 15.0. The van der Waals surface area contributed by atoms with E-state index in [0.717, 1.165) is 11.3 Å². The number of nitrogens with zero attached hydrogens (tertiary/aromatic N) is 4. The fourth-order valence-electron chi connectivity index (χ4n) is 2.83. The summed E-state index contributed by atoms with van der Waals surface area (Å²) in [7, 11) is 0. The Morgan fingerprint density at radius 2 is 2.00 bits per heavy atom. The van der Waals surface area contributed by atoms with Crippen molar-refractivity contribution in [3.63, 3.8) is 0 Å². The van der Waals surface area contributed by atoms with E-state index >= 15 is 0 Å². The van der Waals surface area contributed by atoms with Crippen LogP contribution in [-0.2, 0) is 13.1 Å². The van der Waals surface area contributed by atoms with E-state index in [9.17, 15) is 9.59 Å². The number of fused-ring (bicyclic) bond motifs is 1. The number of nitrogens with one attached hydrogen (secondary N) is 1. The maximum Gasteiger partial charge on any atom is 0.337 e. The third-order valence-electron chi connectivity index (χ3n) is 4.10. The van der Waals surface area contributed by atoms with E-state index in [2.05, 4.69) is 20.2 Å². The molecule has 124 valence electrons. The maximum atomic E-state index is 12.6. The zero-order chi connectivity index (χ0) is 17.4. The topological polar surface area (TPSA) is 112 Å². The van der Waals surface area contributed by atoms with Crippen LogP contribution in [0.25, 0.3) is 11.4 Å². The van der Waals surface area contributed by atoms with E-state index in [1.54, 1.807) is 35.5 Å². The van der Waals surface area contributed by atoms with Crippen LogP contribution in [0.4, 0.5) is 0 Å². The van der Waals surface area contributed by atoms with Crippen LogP contribution in [0.2, 0.25) is 0 Å². The molecule has 0 atom stereocenters. The highest BCUT2D eigenvalue weighted by molar-refractivity contribution is 5.94. The predicted octanol–water partition coefficient (Wildman–Crippen LogP) is 1.72. The lowest BCUT2D eigenvalue weighted by Gasteiger charge is -2.15. The average molecular weight is 335 g/mol. The van der Waals surface area contributed by atoms with Crippen molar-refractivity contribution >= 4 is 11.9 Å². The van der Waals surface area contributed by atoms with E-state index in [1.165, 1.54) is 12.3 Å². The second-order valence-corrected chi connectivity index (χ2v) is 5.67. The van der Waals surface area contributed by atoms with Gasteiger partial charge in [-0.15, -0.1) is 0 Å². The zero-order valence-corrected chi connectivity index (χ0v) is 13.0. The molecule has 1 aliphatic heterocycles. The number of aromatic nitrogens is 4. The van der Waals surface area contributed by atoms with E-state index in [1.807, 2.05) is 0 Å². The largest absolute Gasteiger partial charge is 0.478 e. The Morgan fingerprint density at radius 1 is 1.12 bits per heavy atom. The number of amides is 1. The van der Waals surface area contributed by atoms with Crippen LogP contribution >= 0.6 is 0 Å². The summed E-state index contributed by atoms with van der Waals surface area (Å²) in [6.45, 7) is 0.848. The SMILES string of the molecule is O=C(O)c1ccc(-c2n[nH]c3c2CN(C(=O)c2cccnc2)C3)nc1. The molecule has 0 bridgehead atoms. The van der Waals surface area contributed by atoms with Gasteiger partial charge in [0, 0.05) is 24.2 Å². The summed E-state index contributed by atoms with van der Waals surface area (Å²) < 4.78 is 0. The van der Waals surface area contributed by atoms with Crippen LogP contribution in [0, 0.1) is 0 Å². The van der Waals surface area contributed by atoms with Gasteiger partial charge in [-0.25, -0.2) is 4.79 Å². The highest BCUT2D eigenvalue weighted by Crippen LogP contribution is 2.30. The van der Waals surface area contributed by atoms with Crippen LogP contribution in [-0.4, -0.2) is 42.0 Å². The van der Waals surface area contributed by atoms with Gasteiger partial charge in [0.2, 0.25) is 0 Å². The Labute approximate surface area is 142 Å². The van der Waals surface area contributed by atoms with Gasteiger partial charge in [0.15, 0.2) is 0 Å². The number of aromatic carboxylic acids is 1. The molecule has 1 amide bonds. The molecule has 0 aromatic carbocycles. The monoisotopic (exact) mass is 335 g/mol. The molecule has 8 heteroatoms. The quantitative estimate of drug-likeness (QED) is 0.754. The Balaban J connectivity index is 1.59. The van der Waals surface area contributed by atoms with Crippen LogP contribution in [0.1, 0.15) is 32.0 Å². The van der Waals surface area contributed by atoms with Gasteiger partial charge in [0.05, 0.1) is 35.6 Å². The third-order valence-corrected chi connectivity index (χ3v) is 4.10. The van der Waals surface area contributed by atoms with Gasteiger partial charge < -0.3 is 10.0 Å². The second kappa shape index (κ2) is 5.82. The maximum absolute atomic E-state index is 12.6. The van der Waals surface area contributed by atoms with Gasteiger partial charge in [-0.1, -0.05) is 0 Å². The van der Waals surface area contributed by atoms with Crippen LogP contribution < -0.4 is 0 Å². The van der Waals surface area contributed by atoms with Crippen LogP contribution in [0.15, 0.2) is 42.9 Å². The van der Waals surface area contributed by atoms with Crippen molar-refractivity contribution in [1.82, 2.24) is 25.1 Å². The van der Waals surface area contributed by atoms with E-state index < -0.39 is 5.97 Å². The highest BCUT2D eigenvalue weighted by atomic mass is 16.4. The van der Waals surface area contributed by atoms with E-state index in [0.29, 0.717) is 30.0 Å². The first-order chi connectivity index (χ1) is 12.1. The second-order valence-electron chi connectivity index (χ2n) is 5.67. The summed E-state index contributed by atoms with van der Waals surface area (Å²) in [5.74, 6) is -1.13. The Kier molecular flexibility index (Phi) is 3.50. The molecule has 8 nitrogen and oxygen atoms in total. The Morgan fingerprint density at radius 3 is 2.68 bits per heavy atom. The van der Waals surface area contributed by atoms with E-state index in [4.69, 9.17) is 5.11 Å². The molecule has 0 saturated heterocycles. The number of carboxylic acid groups (broad SMARTS) is 1. The summed E-state index contributed by atoms with van der Waals surface area (Å²) in [5.41, 5.74) is 3.60. The number of aromatic amines is 1. The van der Waals surface area contributed by atoms with Gasteiger partial charge >= 0.3 is 5.97 Å². The molecule has 3 aromatic heterocycles. The number of rotatable bonds is 3. The van der Waals surface area contributed by atoms with Gasteiger partial charge in [-0.05, 0) is 24.3 Å². The van der Waals surface area contributed by atoms with Crippen molar-refractivity contribution < 1.29 is 14.7 Å². The summed E-state index contributed by atoms with van der Waals surface area (Å²) in [4.78, 5) is 33.3. The summed E-state index contributed by atoms with van der Waals surface area (Å²) in [6.07, 6.45) is 4.46.